The van der Waals surface area contributed by atoms with E-state index in [0.717, 1.165) is 24.1 Å². The molecular formula is C17H22N4O3. The van der Waals surface area contributed by atoms with Gasteiger partial charge in [-0.15, -0.1) is 0 Å². The number of anilines is 1. The topological polar surface area (TPSA) is 88.3 Å². The Labute approximate surface area is 140 Å². The van der Waals surface area contributed by atoms with Crippen molar-refractivity contribution in [3.63, 3.8) is 0 Å². The Morgan fingerprint density at radius 3 is 2.75 bits per heavy atom. The molecule has 0 radical (unpaired) electrons. The predicted octanol–water partition coefficient (Wildman–Crippen LogP) is 3.11. The highest BCUT2D eigenvalue weighted by Crippen LogP contribution is 2.46. The van der Waals surface area contributed by atoms with Crippen LogP contribution in [0.3, 0.4) is 0 Å². The van der Waals surface area contributed by atoms with E-state index in [0.29, 0.717) is 35.3 Å². The number of carbonyl (C=O) groups excluding carboxylic acids is 1. The van der Waals surface area contributed by atoms with Gasteiger partial charge in [-0.1, -0.05) is 0 Å². The SMILES string of the molecule is CCNC(=O)Nc1c(-c2ccc(OC)cc2OC)n[nH]c1C1CC1. The summed E-state index contributed by atoms with van der Waals surface area (Å²) >= 11 is 0. The van der Waals surface area contributed by atoms with Gasteiger partial charge in [0.25, 0.3) is 0 Å². The summed E-state index contributed by atoms with van der Waals surface area (Å²) in [4.78, 5) is 12.0. The minimum absolute atomic E-state index is 0.241. The number of nitrogens with one attached hydrogen (secondary N) is 3. The van der Waals surface area contributed by atoms with E-state index in [4.69, 9.17) is 9.47 Å². The molecule has 1 aromatic carbocycles. The van der Waals surface area contributed by atoms with Crippen molar-refractivity contribution in [2.75, 3.05) is 26.1 Å². The first kappa shape index (κ1) is 16.2. The van der Waals surface area contributed by atoms with E-state index >= 15 is 0 Å². The molecule has 3 rings (SSSR count). The molecular weight excluding hydrogens is 308 g/mol. The van der Waals surface area contributed by atoms with Crippen molar-refractivity contribution >= 4 is 11.7 Å². The van der Waals surface area contributed by atoms with E-state index < -0.39 is 0 Å². The van der Waals surface area contributed by atoms with Gasteiger partial charge in [0.2, 0.25) is 0 Å². The fourth-order valence-corrected chi connectivity index (χ4v) is 2.66. The molecule has 3 N–H and O–H groups in total. The summed E-state index contributed by atoms with van der Waals surface area (Å²) < 4.78 is 10.7. The van der Waals surface area contributed by atoms with E-state index in [1.807, 2.05) is 19.1 Å². The van der Waals surface area contributed by atoms with E-state index in [2.05, 4.69) is 20.8 Å². The molecule has 1 aliphatic carbocycles. The quantitative estimate of drug-likeness (QED) is 0.759. The number of ether oxygens (including phenoxy) is 2. The molecule has 1 fully saturated rings. The van der Waals surface area contributed by atoms with E-state index in [-0.39, 0.29) is 6.03 Å². The second kappa shape index (κ2) is 6.82. The molecule has 0 spiro atoms. The number of hydrogen-bond acceptors (Lipinski definition) is 4. The molecule has 7 nitrogen and oxygen atoms in total. The van der Waals surface area contributed by atoms with Crippen LogP contribution in [0, 0.1) is 0 Å². The average Bonchev–Trinajstić information content (AvgIpc) is 3.36. The molecule has 1 saturated carbocycles. The summed E-state index contributed by atoms with van der Waals surface area (Å²) in [5.74, 6) is 1.77. The molecule has 0 bridgehead atoms. The highest BCUT2D eigenvalue weighted by atomic mass is 16.5. The summed E-state index contributed by atoms with van der Waals surface area (Å²) in [5.41, 5.74) is 3.15. The van der Waals surface area contributed by atoms with Gasteiger partial charge in [-0.25, -0.2) is 4.79 Å². The Bertz CT molecular complexity index is 737. The lowest BCUT2D eigenvalue weighted by Crippen LogP contribution is -2.28. The van der Waals surface area contributed by atoms with Crippen molar-refractivity contribution in [1.82, 2.24) is 15.5 Å². The molecule has 2 aromatic rings. The number of urea groups is 1. The third-order valence-electron chi connectivity index (χ3n) is 4.02. The number of rotatable bonds is 6. The minimum Gasteiger partial charge on any atom is -0.497 e. The maximum absolute atomic E-state index is 12.0. The second-order valence-corrected chi connectivity index (χ2v) is 5.69. The second-order valence-electron chi connectivity index (χ2n) is 5.69. The van der Waals surface area contributed by atoms with Crippen molar-refractivity contribution in [2.45, 2.75) is 25.7 Å². The van der Waals surface area contributed by atoms with E-state index in [1.54, 1.807) is 20.3 Å². The highest BCUT2D eigenvalue weighted by Gasteiger charge is 2.31. The number of methoxy groups -OCH3 is 2. The van der Waals surface area contributed by atoms with Crippen LogP contribution in [0.15, 0.2) is 18.2 Å². The Balaban J connectivity index is 2.02. The van der Waals surface area contributed by atoms with Crippen LogP contribution in [0.2, 0.25) is 0 Å². The van der Waals surface area contributed by atoms with Gasteiger partial charge in [0.15, 0.2) is 0 Å². The number of H-pyrrole nitrogens is 1. The van der Waals surface area contributed by atoms with Crippen LogP contribution in [-0.2, 0) is 0 Å². The molecule has 0 aliphatic heterocycles. The first-order valence-electron chi connectivity index (χ1n) is 8.03. The van der Waals surface area contributed by atoms with Crippen molar-refractivity contribution in [2.24, 2.45) is 0 Å². The smallest absolute Gasteiger partial charge is 0.319 e. The zero-order valence-electron chi connectivity index (χ0n) is 14.1. The van der Waals surface area contributed by atoms with Gasteiger partial charge in [-0.2, -0.15) is 5.10 Å². The predicted molar refractivity (Wildman–Crippen MR) is 91.8 cm³/mol. The van der Waals surface area contributed by atoms with Crippen molar-refractivity contribution < 1.29 is 14.3 Å². The summed E-state index contributed by atoms with van der Waals surface area (Å²) in [5, 5.41) is 13.2. The zero-order chi connectivity index (χ0) is 17.1. The van der Waals surface area contributed by atoms with Gasteiger partial charge >= 0.3 is 6.03 Å². The van der Waals surface area contributed by atoms with Crippen LogP contribution < -0.4 is 20.1 Å². The largest absolute Gasteiger partial charge is 0.497 e. The summed E-state index contributed by atoms with van der Waals surface area (Å²) in [6.07, 6.45) is 2.21. The van der Waals surface area contributed by atoms with Gasteiger partial charge in [-0.3, -0.25) is 5.10 Å². The van der Waals surface area contributed by atoms with Gasteiger partial charge in [0, 0.05) is 24.1 Å². The van der Waals surface area contributed by atoms with Gasteiger partial charge in [0.05, 0.1) is 25.6 Å². The van der Waals surface area contributed by atoms with Crippen LogP contribution in [0.25, 0.3) is 11.3 Å². The summed E-state index contributed by atoms with van der Waals surface area (Å²) in [6.45, 7) is 2.44. The lowest BCUT2D eigenvalue weighted by atomic mass is 10.1. The monoisotopic (exact) mass is 330 g/mol. The Morgan fingerprint density at radius 1 is 1.33 bits per heavy atom. The molecule has 0 unspecified atom stereocenters. The molecule has 0 atom stereocenters. The number of aromatic amines is 1. The minimum atomic E-state index is -0.241. The number of nitrogens with zero attached hydrogens (tertiary/aromatic N) is 1. The first-order valence-corrected chi connectivity index (χ1v) is 8.03. The Kier molecular flexibility index (Phi) is 4.59. The van der Waals surface area contributed by atoms with E-state index in [9.17, 15) is 4.79 Å². The van der Waals surface area contributed by atoms with E-state index in [1.165, 1.54) is 0 Å². The van der Waals surface area contributed by atoms with Crippen LogP contribution in [0.5, 0.6) is 11.5 Å². The number of aromatic nitrogens is 2. The summed E-state index contributed by atoms with van der Waals surface area (Å²) in [7, 11) is 3.21. The Morgan fingerprint density at radius 2 is 2.12 bits per heavy atom. The number of amides is 2. The summed E-state index contributed by atoms with van der Waals surface area (Å²) in [6, 6.07) is 5.29. The zero-order valence-corrected chi connectivity index (χ0v) is 14.1. The van der Waals surface area contributed by atoms with Crippen molar-refractivity contribution in [1.29, 1.82) is 0 Å². The van der Waals surface area contributed by atoms with Crippen molar-refractivity contribution in [3.8, 4) is 22.8 Å². The average molecular weight is 330 g/mol. The molecule has 2 amide bonds. The molecule has 24 heavy (non-hydrogen) atoms. The first-order chi connectivity index (χ1) is 11.7. The third-order valence-corrected chi connectivity index (χ3v) is 4.02. The maximum atomic E-state index is 12.0. The molecule has 128 valence electrons. The molecule has 7 heteroatoms. The van der Waals surface area contributed by atoms with Crippen LogP contribution in [-0.4, -0.2) is 37.0 Å². The number of hydrogen-bond donors (Lipinski definition) is 3. The molecule has 0 saturated heterocycles. The molecule has 1 aliphatic rings. The molecule has 1 aromatic heterocycles. The Hall–Kier alpha value is -2.70. The van der Waals surface area contributed by atoms with Gasteiger partial charge in [-0.05, 0) is 31.9 Å². The fraction of sp³-hybridized carbons (Fsp3) is 0.412. The normalized spacial score (nSPS) is 13.5. The van der Waals surface area contributed by atoms with Crippen LogP contribution >= 0.6 is 0 Å². The lowest BCUT2D eigenvalue weighted by Gasteiger charge is -2.12. The van der Waals surface area contributed by atoms with Crippen LogP contribution in [0.4, 0.5) is 10.5 Å². The van der Waals surface area contributed by atoms with Crippen molar-refractivity contribution in [3.05, 3.63) is 23.9 Å². The fourth-order valence-electron chi connectivity index (χ4n) is 2.66. The standard InChI is InChI=1S/C17H22N4O3/c1-4-18-17(22)19-16-14(10-5-6-10)20-21-15(16)12-8-7-11(23-2)9-13(12)24-3/h7-10H,4-6H2,1-3H3,(H,20,21)(H2,18,19,22). The third kappa shape index (κ3) is 3.15. The van der Waals surface area contributed by atoms with Crippen LogP contribution in [0.1, 0.15) is 31.4 Å². The van der Waals surface area contributed by atoms with Gasteiger partial charge < -0.3 is 20.1 Å². The van der Waals surface area contributed by atoms with Gasteiger partial charge in [0.1, 0.15) is 17.2 Å². The number of benzene rings is 1. The lowest BCUT2D eigenvalue weighted by molar-refractivity contribution is 0.252. The highest BCUT2D eigenvalue weighted by molar-refractivity contribution is 5.95. The number of carbonyl (C=O) groups is 1. The molecule has 1 heterocycles. The maximum Gasteiger partial charge on any atom is 0.319 e.